The molecule has 1 aromatic carbocycles. The molecule has 5 N–H and O–H groups in total. The third-order valence-corrected chi connectivity index (χ3v) is 6.85. The molecular formula is C21H34Cl2N6S. The molecule has 6 nitrogen and oxygen atoms in total. The Morgan fingerprint density at radius 1 is 1.17 bits per heavy atom. The normalized spacial score (nSPS) is 24.5. The van der Waals surface area contributed by atoms with Crippen molar-refractivity contribution in [3.05, 3.63) is 40.1 Å². The van der Waals surface area contributed by atoms with Crippen LogP contribution in [-0.2, 0) is 0 Å². The van der Waals surface area contributed by atoms with Crippen LogP contribution in [0.4, 0.5) is 0 Å². The number of hydrogen-bond acceptors (Lipinski definition) is 7. The smallest absolute Gasteiger partial charge is 0.167 e. The van der Waals surface area contributed by atoms with Crippen molar-refractivity contribution < 1.29 is 0 Å². The molecule has 168 valence electrons. The van der Waals surface area contributed by atoms with Gasteiger partial charge in [-0.2, -0.15) is 0 Å². The molecule has 0 aromatic heterocycles. The Morgan fingerprint density at radius 2 is 1.83 bits per heavy atom. The van der Waals surface area contributed by atoms with Crippen LogP contribution < -0.4 is 21.7 Å². The third kappa shape index (κ3) is 6.28. The predicted molar refractivity (Wildman–Crippen MR) is 131 cm³/mol. The maximum atomic E-state index is 6.28. The second-order valence-corrected chi connectivity index (χ2v) is 8.95. The fourth-order valence-corrected chi connectivity index (χ4v) is 4.55. The van der Waals surface area contributed by atoms with E-state index in [-0.39, 0.29) is 18.0 Å². The monoisotopic (exact) mass is 472 g/mol. The van der Waals surface area contributed by atoms with Crippen LogP contribution in [-0.4, -0.2) is 41.2 Å². The summed E-state index contributed by atoms with van der Waals surface area (Å²) in [6, 6.07) is 5.59. The molecule has 0 saturated carbocycles. The zero-order valence-corrected chi connectivity index (χ0v) is 20.8. The van der Waals surface area contributed by atoms with E-state index < -0.39 is 0 Å². The van der Waals surface area contributed by atoms with Crippen LogP contribution in [0.3, 0.4) is 0 Å². The molecule has 0 bridgehead atoms. The van der Waals surface area contributed by atoms with Gasteiger partial charge in [0.25, 0.3) is 0 Å². The molecule has 2 fully saturated rings. The number of benzene rings is 1. The molecule has 0 amide bonds. The number of piperidine rings is 1. The van der Waals surface area contributed by atoms with E-state index >= 15 is 0 Å². The van der Waals surface area contributed by atoms with Gasteiger partial charge in [-0.3, -0.25) is 10.2 Å². The zero-order chi connectivity index (χ0) is 22.3. The first-order valence-electron chi connectivity index (χ1n) is 10.6. The van der Waals surface area contributed by atoms with Crippen molar-refractivity contribution >= 4 is 40.1 Å². The highest BCUT2D eigenvalue weighted by Crippen LogP contribution is 2.34. The van der Waals surface area contributed by atoms with Gasteiger partial charge in [-0.05, 0) is 31.9 Å². The van der Waals surface area contributed by atoms with Gasteiger partial charge in [0.1, 0.15) is 12.5 Å². The molecule has 3 aliphatic heterocycles. The van der Waals surface area contributed by atoms with Crippen LogP contribution in [0.2, 0.25) is 10.0 Å². The second-order valence-electron chi connectivity index (χ2n) is 7.14. The molecule has 4 rings (SSSR count). The van der Waals surface area contributed by atoms with Crippen LogP contribution in [0, 0.1) is 0 Å². The molecule has 2 saturated heterocycles. The second kappa shape index (κ2) is 11.6. The number of fused-ring (bicyclic) bond motifs is 1. The first kappa shape index (κ1) is 25.3. The van der Waals surface area contributed by atoms with Gasteiger partial charge in [0.2, 0.25) is 0 Å². The van der Waals surface area contributed by atoms with E-state index in [0.29, 0.717) is 10.0 Å². The van der Waals surface area contributed by atoms with Crippen LogP contribution in [0.15, 0.2) is 40.0 Å². The maximum absolute atomic E-state index is 6.28. The van der Waals surface area contributed by atoms with Crippen LogP contribution in [0.5, 0.6) is 0 Å². The summed E-state index contributed by atoms with van der Waals surface area (Å²) in [5.41, 5.74) is 7.22. The van der Waals surface area contributed by atoms with E-state index in [2.05, 4.69) is 27.8 Å². The Morgan fingerprint density at radius 3 is 2.50 bits per heavy atom. The Hall–Kier alpha value is -0.960. The largest absolute Gasteiger partial charge is 0.357 e. The lowest BCUT2D eigenvalue weighted by molar-refractivity contribution is 0.102. The molecular weight excluding hydrogens is 439 g/mol. The molecule has 0 aliphatic carbocycles. The van der Waals surface area contributed by atoms with Crippen molar-refractivity contribution in [2.24, 2.45) is 10.7 Å². The number of aliphatic imine (C=N–C) groups is 1. The standard InChI is InChI=1S/C17H22Cl2N6S.2C2H6/c1-17(20)5-7-25(8-6-17)15-22-11-9-21-16(24-14(11)23-15)26-12-4-2-3-10(18)13(12)19;2*1-2/h2-4,9,14-15,22-23H,5-8,20H2,1H3,(H,21,24);2*1-2H3. The highest BCUT2D eigenvalue weighted by Gasteiger charge is 2.36. The van der Waals surface area contributed by atoms with Gasteiger partial charge in [-0.1, -0.05) is 68.7 Å². The zero-order valence-electron chi connectivity index (χ0n) is 18.4. The minimum atomic E-state index is -0.0899. The number of amidine groups is 1. The van der Waals surface area contributed by atoms with Crippen molar-refractivity contribution in [3.63, 3.8) is 0 Å². The SMILES string of the molecule is CC.CC.CC1(N)CCN(C2NC3=CNC(Sc4cccc(Cl)c4Cl)=NC3N2)CC1. The Labute approximate surface area is 195 Å². The summed E-state index contributed by atoms with van der Waals surface area (Å²) < 4.78 is 0. The summed E-state index contributed by atoms with van der Waals surface area (Å²) in [5, 5.41) is 12.1. The lowest BCUT2D eigenvalue weighted by atomic mass is 9.91. The molecule has 3 heterocycles. The van der Waals surface area contributed by atoms with E-state index in [1.807, 2.05) is 46.0 Å². The van der Waals surface area contributed by atoms with Crippen molar-refractivity contribution in [3.8, 4) is 0 Å². The Balaban J connectivity index is 0.000000757. The Bertz CT molecular complexity index is 758. The summed E-state index contributed by atoms with van der Waals surface area (Å²) in [6.45, 7) is 12.1. The summed E-state index contributed by atoms with van der Waals surface area (Å²) in [6.07, 6.45) is 3.93. The van der Waals surface area contributed by atoms with Crippen LogP contribution in [0.25, 0.3) is 0 Å². The first-order valence-corrected chi connectivity index (χ1v) is 12.2. The molecule has 2 atom stereocenters. The molecule has 2 unspecified atom stereocenters. The lowest BCUT2D eigenvalue weighted by Gasteiger charge is -2.39. The van der Waals surface area contributed by atoms with Gasteiger partial charge >= 0.3 is 0 Å². The number of nitrogens with one attached hydrogen (secondary N) is 3. The summed E-state index contributed by atoms with van der Waals surface area (Å²) in [4.78, 5) is 8.01. The van der Waals surface area contributed by atoms with Crippen molar-refractivity contribution in [1.82, 2.24) is 20.9 Å². The topological polar surface area (TPSA) is 77.7 Å². The average Bonchev–Trinajstić information content (AvgIpc) is 3.17. The molecule has 3 aliphatic rings. The van der Waals surface area contributed by atoms with Crippen molar-refractivity contribution in [1.29, 1.82) is 0 Å². The summed E-state index contributed by atoms with van der Waals surface area (Å²) in [7, 11) is 0. The fraction of sp³-hybridized carbons (Fsp3) is 0.571. The highest BCUT2D eigenvalue weighted by atomic mass is 35.5. The molecule has 0 radical (unpaired) electrons. The van der Waals surface area contributed by atoms with E-state index in [9.17, 15) is 0 Å². The van der Waals surface area contributed by atoms with Crippen LogP contribution in [0.1, 0.15) is 47.5 Å². The number of thioether (sulfide) groups is 1. The van der Waals surface area contributed by atoms with Gasteiger partial charge in [0.15, 0.2) is 5.17 Å². The number of likely N-dealkylation sites (tertiary alicyclic amines) is 1. The van der Waals surface area contributed by atoms with Gasteiger partial charge < -0.3 is 16.4 Å². The van der Waals surface area contributed by atoms with Crippen molar-refractivity contribution in [2.45, 2.75) is 70.4 Å². The molecule has 9 heteroatoms. The molecule has 1 aromatic rings. The number of halogens is 2. The van der Waals surface area contributed by atoms with E-state index in [0.717, 1.165) is 41.7 Å². The van der Waals surface area contributed by atoms with E-state index in [4.69, 9.17) is 33.9 Å². The predicted octanol–water partition coefficient (Wildman–Crippen LogP) is 4.55. The summed E-state index contributed by atoms with van der Waals surface area (Å²) >= 11 is 13.8. The minimum Gasteiger partial charge on any atom is -0.357 e. The molecule has 30 heavy (non-hydrogen) atoms. The quantitative estimate of drug-likeness (QED) is 0.505. The van der Waals surface area contributed by atoms with Gasteiger partial charge in [-0.15, -0.1) is 0 Å². The highest BCUT2D eigenvalue weighted by molar-refractivity contribution is 8.14. The first-order chi connectivity index (χ1) is 14.4. The fourth-order valence-electron chi connectivity index (χ4n) is 3.25. The average molecular weight is 474 g/mol. The third-order valence-electron chi connectivity index (χ3n) is 4.94. The van der Waals surface area contributed by atoms with E-state index in [1.165, 1.54) is 11.8 Å². The number of rotatable bonds is 2. The summed E-state index contributed by atoms with van der Waals surface area (Å²) in [5.74, 6) is 0. The maximum Gasteiger partial charge on any atom is 0.167 e. The van der Waals surface area contributed by atoms with Gasteiger partial charge in [-0.25, -0.2) is 4.99 Å². The number of nitrogens with zero attached hydrogens (tertiary/aromatic N) is 2. The minimum absolute atomic E-state index is 0.0547. The van der Waals surface area contributed by atoms with Gasteiger partial charge in [0, 0.05) is 29.7 Å². The van der Waals surface area contributed by atoms with Crippen LogP contribution >= 0.6 is 35.0 Å². The molecule has 0 spiro atoms. The lowest BCUT2D eigenvalue weighted by Crippen LogP contribution is -2.56. The number of nitrogens with two attached hydrogens (primary N) is 1. The van der Waals surface area contributed by atoms with Gasteiger partial charge in [0.05, 0.1) is 15.7 Å². The van der Waals surface area contributed by atoms with Crippen molar-refractivity contribution in [2.75, 3.05) is 13.1 Å². The number of hydrogen-bond donors (Lipinski definition) is 4. The Kier molecular flexibility index (Phi) is 9.78. The van der Waals surface area contributed by atoms with E-state index in [1.54, 1.807) is 6.07 Å².